The minimum Gasteiger partial charge on any atom is -0.389 e. The van der Waals surface area contributed by atoms with Crippen LogP contribution in [0.25, 0.3) is 0 Å². The molecule has 3 N–H and O–H groups in total. The minimum absolute atomic E-state index is 0.0487. The number of rotatable bonds is 3. The van der Waals surface area contributed by atoms with Gasteiger partial charge in [-0.2, -0.15) is 0 Å². The van der Waals surface area contributed by atoms with Crippen molar-refractivity contribution < 1.29 is 8.78 Å². The van der Waals surface area contributed by atoms with Gasteiger partial charge in [0.2, 0.25) is 0 Å². The quantitative estimate of drug-likeness (QED) is 0.799. The highest BCUT2D eigenvalue weighted by molar-refractivity contribution is 9.10. The molecule has 0 radical (unpaired) electrons. The van der Waals surface area contributed by atoms with Crippen LogP contribution < -0.4 is 11.1 Å². The first-order valence-corrected chi connectivity index (χ1v) is 6.90. The van der Waals surface area contributed by atoms with E-state index in [1.54, 1.807) is 12.1 Å². The Kier molecular flexibility index (Phi) is 4.35. The topological polar surface area (TPSA) is 38.0 Å². The van der Waals surface area contributed by atoms with E-state index in [0.29, 0.717) is 5.69 Å². The largest absolute Gasteiger partial charge is 0.389 e. The molecule has 2 rings (SSSR count). The Morgan fingerprint density at radius 2 is 1.80 bits per heavy atom. The van der Waals surface area contributed by atoms with Crippen molar-refractivity contribution >= 4 is 44.5 Å². The smallest absolute Gasteiger partial charge is 0.150 e. The lowest BCUT2D eigenvalue weighted by Gasteiger charge is -2.11. The SMILES string of the molecule is Cc1ccc(Nc2c(F)cc(C(N)=S)cc2F)cc1Br. The summed E-state index contributed by atoms with van der Waals surface area (Å²) >= 11 is 8.07. The van der Waals surface area contributed by atoms with Gasteiger partial charge in [-0.3, -0.25) is 0 Å². The highest BCUT2D eigenvalue weighted by atomic mass is 79.9. The third-order valence-electron chi connectivity index (χ3n) is 2.77. The summed E-state index contributed by atoms with van der Waals surface area (Å²) in [6, 6.07) is 7.54. The van der Waals surface area contributed by atoms with E-state index in [-0.39, 0.29) is 16.2 Å². The van der Waals surface area contributed by atoms with Gasteiger partial charge in [-0.15, -0.1) is 0 Å². The van der Waals surface area contributed by atoms with E-state index in [1.807, 2.05) is 13.0 Å². The number of halogens is 3. The molecule has 0 spiro atoms. The highest BCUT2D eigenvalue weighted by Gasteiger charge is 2.13. The van der Waals surface area contributed by atoms with Crippen LogP contribution in [0.5, 0.6) is 0 Å². The molecule has 2 aromatic carbocycles. The summed E-state index contributed by atoms with van der Waals surface area (Å²) in [6.07, 6.45) is 0. The van der Waals surface area contributed by atoms with Gasteiger partial charge in [0.1, 0.15) is 22.3 Å². The Labute approximate surface area is 129 Å². The number of nitrogens with one attached hydrogen (secondary N) is 1. The zero-order valence-electron chi connectivity index (χ0n) is 10.5. The van der Waals surface area contributed by atoms with E-state index in [2.05, 4.69) is 21.2 Å². The van der Waals surface area contributed by atoms with Gasteiger partial charge in [-0.05, 0) is 36.8 Å². The third kappa shape index (κ3) is 3.13. The molecule has 0 heterocycles. The molecule has 2 nitrogen and oxygen atoms in total. The van der Waals surface area contributed by atoms with E-state index in [1.165, 1.54) is 0 Å². The first-order chi connectivity index (χ1) is 9.38. The molecule has 0 aliphatic heterocycles. The summed E-state index contributed by atoms with van der Waals surface area (Å²) in [7, 11) is 0. The van der Waals surface area contributed by atoms with Gasteiger partial charge < -0.3 is 11.1 Å². The molecule has 0 bridgehead atoms. The van der Waals surface area contributed by atoms with Gasteiger partial charge in [0.15, 0.2) is 0 Å². The molecule has 0 aliphatic rings. The predicted octanol–water partition coefficient (Wildman–Crippen LogP) is 4.41. The average Bonchev–Trinajstić information content (AvgIpc) is 2.37. The highest BCUT2D eigenvalue weighted by Crippen LogP contribution is 2.27. The van der Waals surface area contributed by atoms with Crippen LogP contribution >= 0.6 is 28.1 Å². The number of hydrogen-bond acceptors (Lipinski definition) is 2. The Morgan fingerprint density at radius 3 is 2.30 bits per heavy atom. The molecule has 104 valence electrons. The summed E-state index contributed by atoms with van der Waals surface area (Å²) in [6.45, 7) is 1.92. The van der Waals surface area contributed by atoms with Gasteiger partial charge in [-0.1, -0.05) is 34.2 Å². The van der Waals surface area contributed by atoms with Gasteiger partial charge in [-0.25, -0.2) is 8.78 Å². The van der Waals surface area contributed by atoms with Crippen molar-refractivity contribution in [2.24, 2.45) is 5.73 Å². The maximum Gasteiger partial charge on any atom is 0.150 e. The number of hydrogen-bond donors (Lipinski definition) is 2. The van der Waals surface area contributed by atoms with E-state index < -0.39 is 11.6 Å². The van der Waals surface area contributed by atoms with Crippen LogP contribution in [0.4, 0.5) is 20.2 Å². The monoisotopic (exact) mass is 356 g/mol. The predicted molar refractivity (Wildman–Crippen MR) is 84.4 cm³/mol. The first kappa shape index (κ1) is 14.9. The van der Waals surface area contributed by atoms with E-state index in [0.717, 1.165) is 22.2 Å². The van der Waals surface area contributed by atoms with Crippen LogP contribution in [-0.2, 0) is 0 Å². The summed E-state index contributed by atoms with van der Waals surface area (Å²) in [5, 5.41) is 2.71. The summed E-state index contributed by atoms with van der Waals surface area (Å²) in [5.41, 5.74) is 6.89. The maximum absolute atomic E-state index is 13.9. The molecule has 0 atom stereocenters. The van der Waals surface area contributed by atoms with Gasteiger partial charge in [0.05, 0.1) is 0 Å². The summed E-state index contributed by atoms with van der Waals surface area (Å²) in [5.74, 6) is -1.49. The lowest BCUT2D eigenvalue weighted by molar-refractivity contribution is 0.590. The number of nitrogens with two attached hydrogens (primary N) is 1. The Hall–Kier alpha value is -1.53. The van der Waals surface area contributed by atoms with Gasteiger partial charge >= 0.3 is 0 Å². The molecular weight excluding hydrogens is 346 g/mol. The van der Waals surface area contributed by atoms with Crippen molar-refractivity contribution in [1.29, 1.82) is 0 Å². The summed E-state index contributed by atoms with van der Waals surface area (Å²) in [4.78, 5) is -0.0487. The fraction of sp³-hybridized carbons (Fsp3) is 0.0714. The van der Waals surface area contributed by atoms with E-state index in [4.69, 9.17) is 18.0 Å². The molecule has 6 heteroatoms. The van der Waals surface area contributed by atoms with E-state index >= 15 is 0 Å². The molecule has 0 unspecified atom stereocenters. The number of aryl methyl sites for hydroxylation is 1. The first-order valence-electron chi connectivity index (χ1n) is 5.70. The second kappa shape index (κ2) is 5.85. The molecule has 0 aliphatic carbocycles. The van der Waals surface area contributed by atoms with Crippen molar-refractivity contribution in [3.8, 4) is 0 Å². The van der Waals surface area contributed by atoms with Crippen molar-refractivity contribution in [2.75, 3.05) is 5.32 Å². The van der Waals surface area contributed by atoms with Crippen LogP contribution in [0.15, 0.2) is 34.8 Å². The lowest BCUT2D eigenvalue weighted by Crippen LogP contribution is -2.11. The van der Waals surface area contributed by atoms with Crippen LogP contribution in [0.1, 0.15) is 11.1 Å². The lowest BCUT2D eigenvalue weighted by atomic mass is 10.1. The van der Waals surface area contributed by atoms with E-state index in [9.17, 15) is 8.78 Å². The fourth-order valence-electron chi connectivity index (χ4n) is 1.65. The van der Waals surface area contributed by atoms with Crippen molar-refractivity contribution in [1.82, 2.24) is 0 Å². The molecule has 0 aromatic heterocycles. The zero-order valence-corrected chi connectivity index (χ0v) is 12.9. The molecule has 0 amide bonds. The van der Waals surface area contributed by atoms with Crippen molar-refractivity contribution in [3.05, 3.63) is 57.6 Å². The van der Waals surface area contributed by atoms with Gasteiger partial charge in [0.25, 0.3) is 0 Å². The third-order valence-corrected chi connectivity index (χ3v) is 3.86. The Bertz CT molecular complexity index is 666. The Balaban J connectivity index is 2.38. The van der Waals surface area contributed by atoms with Crippen LogP contribution in [0, 0.1) is 18.6 Å². The Morgan fingerprint density at radius 1 is 1.20 bits per heavy atom. The second-order valence-electron chi connectivity index (χ2n) is 4.27. The second-order valence-corrected chi connectivity index (χ2v) is 5.56. The number of anilines is 2. The number of thiocarbonyl (C=S) groups is 1. The summed E-state index contributed by atoms with van der Waals surface area (Å²) < 4.78 is 28.7. The molecule has 0 saturated carbocycles. The molecular formula is C14H11BrF2N2S. The standard InChI is InChI=1S/C14H11BrF2N2S/c1-7-2-3-9(6-10(7)15)19-13-11(16)4-8(14(18)20)5-12(13)17/h2-6,19H,1H3,(H2,18,20). The maximum atomic E-state index is 13.9. The average molecular weight is 357 g/mol. The van der Waals surface area contributed by atoms with Crippen LogP contribution in [-0.4, -0.2) is 4.99 Å². The van der Waals surface area contributed by atoms with Crippen molar-refractivity contribution in [2.45, 2.75) is 6.92 Å². The van der Waals surface area contributed by atoms with Crippen molar-refractivity contribution in [3.63, 3.8) is 0 Å². The minimum atomic E-state index is -0.746. The molecule has 0 saturated heterocycles. The molecule has 20 heavy (non-hydrogen) atoms. The molecule has 0 fully saturated rings. The van der Waals surface area contributed by atoms with Crippen LogP contribution in [0.3, 0.4) is 0 Å². The van der Waals surface area contributed by atoms with Crippen LogP contribution in [0.2, 0.25) is 0 Å². The molecule has 2 aromatic rings. The number of benzene rings is 2. The fourth-order valence-corrected chi connectivity index (χ4v) is 2.15. The van der Waals surface area contributed by atoms with Gasteiger partial charge in [0, 0.05) is 15.7 Å². The zero-order chi connectivity index (χ0) is 14.9. The normalized spacial score (nSPS) is 10.4.